The first-order valence-electron chi connectivity index (χ1n) is 10.7. The summed E-state index contributed by atoms with van der Waals surface area (Å²) in [6, 6.07) is 10.6. The van der Waals surface area contributed by atoms with E-state index in [9.17, 15) is 5.11 Å². The van der Waals surface area contributed by atoms with Crippen molar-refractivity contribution in [3.05, 3.63) is 35.9 Å². The van der Waals surface area contributed by atoms with E-state index in [1.807, 2.05) is 6.07 Å². The Labute approximate surface area is 170 Å². The van der Waals surface area contributed by atoms with E-state index in [1.165, 1.54) is 50.5 Å². The molecule has 3 nitrogen and oxygen atoms in total. The lowest BCUT2D eigenvalue weighted by atomic mass is 9.49. The number of ether oxygens (including phenoxy) is 1. The Bertz CT molecular complexity index is 544. The van der Waals surface area contributed by atoms with Crippen LogP contribution in [0.15, 0.2) is 30.3 Å². The first kappa shape index (κ1) is 21.1. The molecule has 0 heterocycles. The maximum Gasteiger partial charge on any atom is 0.0897 e. The first-order valence-corrected chi connectivity index (χ1v) is 10.7. The minimum absolute atomic E-state index is 0. The molecule has 4 aliphatic rings. The van der Waals surface area contributed by atoms with Gasteiger partial charge in [0, 0.05) is 19.2 Å². The van der Waals surface area contributed by atoms with Gasteiger partial charge >= 0.3 is 0 Å². The van der Waals surface area contributed by atoms with Crippen LogP contribution in [0.3, 0.4) is 0 Å². The molecule has 0 radical (unpaired) electrons. The van der Waals surface area contributed by atoms with Gasteiger partial charge < -0.3 is 27.6 Å². The first-order chi connectivity index (χ1) is 12.6. The zero-order valence-electron chi connectivity index (χ0n) is 16.6. The normalized spacial score (nSPS) is 33.5. The molecule has 1 aromatic rings. The van der Waals surface area contributed by atoms with Gasteiger partial charge in [-0.25, -0.2) is 0 Å². The molecule has 4 aliphatic carbocycles. The Morgan fingerprint density at radius 3 is 2.26 bits per heavy atom. The summed E-state index contributed by atoms with van der Waals surface area (Å²) in [5, 5.41) is 13.6. The van der Waals surface area contributed by atoms with Crippen molar-refractivity contribution in [2.24, 2.45) is 23.2 Å². The van der Waals surface area contributed by atoms with Crippen LogP contribution in [-0.2, 0) is 4.74 Å². The third-order valence-electron chi connectivity index (χ3n) is 7.21. The van der Waals surface area contributed by atoms with E-state index < -0.39 is 6.10 Å². The lowest BCUT2D eigenvalue weighted by molar-refractivity contribution is -0.0730. The molecule has 0 aromatic heterocycles. The number of halogens is 1. The fourth-order valence-corrected chi connectivity index (χ4v) is 6.34. The van der Waals surface area contributed by atoms with Gasteiger partial charge in [0.1, 0.15) is 0 Å². The number of nitrogens with one attached hydrogen (secondary N) is 1. The predicted octanol–water partition coefficient (Wildman–Crippen LogP) is 1.33. The highest BCUT2D eigenvalue weighted by molar-refractivity contribution is 5.18. The highest BCUT2D eigenvalue weighted by Gasteiger charge is 2.50. The number of hydrogen-bond acceptors (Lipinski definition) is 3. The van der Waals surface area contributed by atoms with Gasteiger partial charge in [-0.2, -0.15) is 0 Å². The zero-order valence-corrected chi connectivity index (χ0v) is 17.3. The van der Waals surface area contributed by atoms with Crippen LogP contribution in [0.1, 0.15) is 63.5 Å². The molecule has 0 aliphatic heterocycles. The Balaban J connectivity index is 0.00000210. The highest BCUT2D eigenvalue weighted by Crippen LogP contribution is 2.61. The molecule has 2 atom stereocenters. The molecule has 4 heteroatoms. The van der Waals surface area contributed by atoms with Crippen LogP contribution >= 0.6 is 0 Å². The molecule has 2 N–H and O–H groups in total. The molecule has 0 spiro atoms. The summed E-state index contributed by atoms with van der Waals surface area (Å²) in [6.07, 6.45) is 9.62. The van der Waals surface area contributed by atoms with Crippen LogP contribution in [-0.4, -0.2) is 31.0 Å². The lowest BCUT2D eigenvalue weighted by Gasteiger charge is -2.57. The summed E-state index contributed by atoms with van der Waals surface area (Å²) < 4.78 is 5.88. The van der Waals surface area contributed by atoms with E-state index in [1.54, 1.807) is 0 Å². The SMILES string of the molecule is CC(NCC(O)COCCC12CC3CC(CC(C3)C1)C2)c1ccccc1.[Cl-]. The van der Waals surface area contributed by atoms with Crippen LogP contribution in [0.2, 0.25) is 0 Å². The minimum Gasteiger partial charge on any atom is -1.00 e. The Morgan fingerprint density at radius 2 is 1.67 bits per heavy atom. The molecular weight excluding hydrogens is 358 g/mol. The van der Waals surface area contributed by atoms with E-state index in [0.29, 0.717) is 18.6 Å². The second kappa shape index (κ2) is 9.26. The third-order valence-corrected chi connectivity index (χ3v) is 7.21. The Morgan fingerprint density at radius 1 is 1.07 bits per heavy atom. The van der Waals surface area contributed by atoms with Crippen molar-refractivity contribution in [2.45, 2.75) is 64.0 Å². The molecule has 4 fully saturated rings. The average Bonchev–Trinajstić information content (AvgIpc) is 2.63. The molecular formula is C23H35ClNO2-. The van der Waals surface area contributed by atoms with Gasteiger partial charge in [0.15, 0.2) is 0 Å². The van der Waals surface area contributed by atoms with Crippen molar-refractivity contribution in [3.63, 3.8) is 0 Å². The van der Waals surface area contributed by atoms with Crippen LogP contribution in [0.5, 0.6) is 0 Å². The van der Waals surface area contributed by atoms with Gasteiger partial charge in [-0.1, -0.05) is 30.3 Å². The van der Waals surface area contributed by atoms with Gasteiger partial charge in [-0.15, -0.1) is 0 Å². The smallest absolute Gasteiger partial charge is 0.0897 e. The molecule has 4 saturated carbocycles. The van der Waals surface area contributed by atoms with Crippen molar-refractivity contribution in [3.8, 4) is 0 Å². The molecule has 5 rings (SSSR count). The van der Waals surface area contributed by atoms with Crippen LogP contribution in [0.4, 0.5) is 0 Å². The van der Waals surface area contributed by atoms with Gasteiger partial charge in [-0.3, -0.25) is 0 Å². The fraction of sp³-hybridized carbons (Fsp3) is 0.739. The summed E-state index contributed by atoms with van der Waals surface area (Å²) in [5.41, 5.74) is 1.84. The number of benzene rings is 1. The Hall–Kier alpha value is -0.610. The lowest BCUT2D eigenvalue weighted by Crippen LogP contribution is -3.00. The van der Waals surface area contributed by atoms with E-state index in [4.69, 9.17) is 4.74 Å². The molecule has 1 aromatic carbocycles. The summed E-state index contributed by atoms with van der Waals surface area (Å²) in [5.74, 6) is 3.03. The molecule has 0 saturated heterocycles. The standard InChI is InChI=1S/C23H35NO2.ClH/c1-17(21-5-3-2-4-6-21)24-15-22(25)16-26-8-7-23-12-18-9-19(13-23)11-20(10-18)14-23;/h2-6,17-20,22,24-25H,7-16H2,1H3;1H/p-1. The van der Waals surface area contributed by atoms with E-state index in [2.05, 4.69) is 36.5 Å². The zero-order chi connectivity index (χ0) is 18.0. The van der Waals surface area contributed by atoms with Crippen molar-refractivity contribution in [1.29, 1.82) is 0 Å². The van der Waals surface area contributed by atoms with Crippen molar-refractivity contribution < 1.29 is 22.3 Å². The second-order valence-electron chi connectivity index (χ2n) is 9.44. The van der Waals surface area contributed by atoms with Gasteiger partial charge in [0.25, 0.3) is 0 Å². The van der Waals surface area contributed by atoms with Crippen LogP contribution in [0, 0.1) is 23.2 Å². The number of hydrogen-bond donors (Lipinski definition) is 2. The average molecular weight is 393 g/mol. The van der Waals surface area contributed by atoms with Crippen molar-refractivity contribution in [1.82, 2.24) is 5.32 Å². The largest absolute Gasteiger partial charge is 1.00 e. The molecule has 0 amide bonds. The summed E-state index contributed by atoms with van der Waals surface area (Å²) in [6.45, 7) is 3.97. The second-order valence-corrected chi connectivity index (χ2v) is 9.44. The quantitative estimate of drug-likeness (QED) is 0.623. The predicted molar refractivity (Wildman–Crippen MR) is 105 cm³/mol. The number of aliphatic hydroxyl groups excluding tert-OH is 1. The van der Waals surface area contributed by atoms with E-state index in [-0.39, 0.29) is 18.4 Å². The van der Waals surface area contributed by atoms with Gasteiger partial charge in [-0.05, 0) is 80.6 Å². The number of aliphatic hydroxyl groups is 1. The van der Waals surface area contributed by atoms with Crippen molar-refractivity contribution >= 4 is 0 Å². The fourth-order valence-electron chi connectivity index (χ4n) is 6.34. The molecule has 2 unspecified atom stereocenters. The maximum atomic E-state index is 10.2. The van der Waals surface area contributed by atoms with Gasteiger partial charge in [0.05, 0.1) is 12.7 Å². The minimum atomic E-state index is -0.433. The van der Waals surface area contributed by atoms with E-state index >= 15 is 0 Å². The van der Waals surface area contributed by atoms with Crippen molar-refractivity contribution in [2.75, 3.05) is 19.8 Å². The number of rotatable bonds is 9. The van der Waals surface area contributed by atoms with Gasteiger partial charge in [0.2, 0.25) is 0 Å². The Kier molecular flexibility index (Phi) is 7.24. The topological polar surface area (TPSA) is 41.5 Å². The molecule has 4 bridgehead atoms. The summed E-state index contributed by atoms with van der Waals surface area (Å²) in [4.78, 5) is 0. The van der Waals surface area contributed by atoms with Crippen LogP contribution in [0.25, 0.3) is 0 Å². The molecule has 152 valence electrons. The van der Waals surface area contributed by atoms with E-state index in [0.717, 1.165) is 24.4 Å². The van der Waals surface area contributed by atoms with Crippen LogP contribution < -0.4 is 17.7 Å². The highest BCUT2D eigenvalue weighted by atomic mass is 35.5. The summed E-state index contributed by atoms with van der Waals surface area (Å²) in [7, 11) is 0. The maximum absolute atomic E-state index is 10.2. The third kappa shape index (κ3) is 5.26. The summed E-state index contributed by atoms with van der Waals surface area (Å²) >= 11 is 0. The monoisotopic (exact) mass is 392 g/mol. The molecule has 27 heavy (non-hydrogen) atoms.